The topological polar surface area (TPSA) is 115 Å². The van der Waals surface area contributed by atoms with Crippen LogP contribution < -0.4 is 10.6 Å². The molecule has 0 atom stereocenters. The van der Waals surface area contributed by atoms with Crippen LogP contribution in [0.2, 0.25) is 0 Å². The molecular weight excluding hydrogens is 424 g/mol. The third kappa shape index (κ3) is 5.16. The number of hydrogen-bond donors (Lipinski definition) is 2. The zero-order valence-corrected chi connectivity index (χ0v) is 17.6. The minimum atomic E-state index is -0.745. The number of rotatable bonds is 6. The second kappa shape index (κ2) is 9.65. The molecule has 9 nitrogen and oxygen atoms in total. The predicted molar refractivity (Wildman–Crippen MR) is 121 cm³/mol. The monoisotopic (exact) mass is 444 g/mol. The summed E-state index contributed by atoms with van der Waals surface area (Å²) in [6.07, 6.45) is 4.49. The highest BCUT2D eigenvalue weighted by molar-refractivity contribution is 5.96. The van der Waals surface area contributed by atoms with Crippen LogP contribution in [0.5, 0.6) is 0 Å². The van der Waals surface area contributed by atoms with Gasteiger partial charge in [0.1, 0.15) is 11.3 Å². The number of urea groups is 1. The van der Waals surface area contributed by atoms with Crippen LogP contribution >= 0.6 is 0 Å². The van der Waals surface area contributed by atoms with Gasteiger partial charge in [-0.05, 0) is 30.3 Å². The Balaban J connectivity index is 1.58. The van der Waals surface area contributed by atoms with Crippen LogP contribution in [-0.2, 0) is 14.3 Å². The van der Waals surface area contributed by atoms with E-state index < -0.39 is 24.5 Å². The maximum Gasteiger partial charge on any atom is 0.331 e. The van der Waals surface area contributed by atoms with Crippen LogP contribution in [0.25, 0.3) is 34.2 Å². The molecule has 0 saturated heterocycles. The minimum Gasteiger partial charge on any atom is -0.454 e. The molecule has 166 valence electrons. The molecule has 0 bridgehead atoms. The Hall–Kier alpha value is -4.66. The van der Waals surface area contributed by atoms with Crippen LogP contribution in [0.4, 0.5) is 4.79 Å². The van der Waals surface area contributed by atoms with Gasteiger partial charge in [-0.3, -0.25) is 10.1 Å². The molecule has 9 heteroatoms. The lowest BCUT2D eigenvalue weighted by atomic mass is 10.2. The van der Waals surface area contributed by atoms with Crippen molar-refractivity contribution in [3.8, 4) is 17.1 Å². The molecule has 0 unspecified atom stereocenters. The molecule has 0 fully saturated rings. The number of para-hydroxylation sites is 2. The lowest BCUT2D eigenvalue weighted by molar-refractivity contribution is -0.143. The fourth-order valence-corrected chi connectivity index (χ4v) is 3.08. The molecule has 3 amide bonds. The number of hydrogen-bond acceptors (Lipinski definition) is 6. The van der Waals surface area contributed by atoms with E-state index in [1.54, 1.807) is 10.9 Å². The molecule has 2 aromatic carbocycles. The molecule has 0 spiro atoms. The van der Waals surface area contributed by atoms with Gasteiger partial charge in [-0.25, -0.2) is 14.3 Å². The van der Waals surface area contributed by atoms with E-state index >= 15 is 0 Å². The standard InChI is InChI=1S/C24H20N4O5/c1-25-24(31)26-21(29)15-32-22(30)12-11-17-14-28(18-8-3-2-4-9-18)27-23(17)20-13-16-7-5-6-10-19(16)33-20/h2-14H,15H2,1H3,(H2,25,26,29,31). The van der Waals surface area contributed by atoms with Crippen molar-refractivity contribution in [2.45, 2.75) is 0 Å². The summed E-state index contributed by atoms with van der Waals surface area (Å²) >= 11 is 0. The summed E-state index contributed by atoms with van der Waals surface area (Å²) < 4.78 is 12.5. The van der Waals surface area contributed by atoms with Crippen LogP contribution in [0.1, 0.15) is 5.56 Å². The normalized spacial score (nSPS) is 10.9. The summed E-state index contributed by atoms with van der Waals surface area (Å²) in [5.74, 6) is -0.940. The number of esters is 1. The van der Waals surface area contributed by atoms with E-state index in [1.165, 1.54) is 19.2 Å². The fourth-order valence-electron chi connectivity index (χ4n) is 3.08. The number of ether oxygens (including phenoxy) is 1. The van der Waals surface area contributed by atoms with Crippen LogP contribution in [0.15, 0.2) is 77.4 Å². The first-order chi connectivity index (χ1) is 16.0. The first kappa shape index (κ1) is 21.6. The van der Waals surface area contributed by atoms with Gasteiger partial charge in [0.2, 0.25) is 0 Å². The molecule has 0 saturated carbocycles. The van der Waals surface area contributed by atoms with Crippen molar-refractivity contribution in [2.24, 2.45) is 0 Å². The zero-order valence-electron chi connectivity index (χ0n) is 17.6. The van der Waals surface area contributed by atoms with Crippen molar-refractivity contribution < 1.29 is 23.5 Å². The largest absolute Gasteiger partial charge is 0.454 e. The van der Waals surface area contributed by atoms with Crippen molar-refractivity contribution >= 4 is 35.0 Å². The number of nitrogens with one attached hydrogen (secondary N) is 2. The van der Waals surface area contributed by atoms with Gasteiger partial charge in [-0.1, -0.05) is 36.4 Å². The van der Waals surface area contributed by atoms with Gasteiger partial charge in [0, 0.05) is 30.3 Å². The predicted octanol–water partition coefficient (Wildman–Crippen LogP) is 3.30. The van der Waals surface area contributed by atoms with Crippen molar-refractivity contribution in [3.63, 3.8) is 0 Å². The van der Waals surface area contributed by atoms with E-state index in [0.29, 0.717) is 17.0 Å². The van der Waals surface area contributed by atoms with Crippen LogP contribution in [-0.4, -0.2) is 41.3 Å². The Morgan fingerprint density at radius 2 is 1.85 bits per heavy atom. The first-order valence-electron chi connectivity index (χ1n) is 10.0. The highest BCUT2D eigenvalue weighted by atomic mass is 16.5. The SMILES string of the molecule is CNC(=O)NC(=O)COC(=O)C=Cc1cn(-c2ccccc2)nc1-c1cc2ccccc2o1. The number of carbonyl (C=O) groups excluding carboxylic acids is 3. The molecule has 4 aromatic rings. The highest BCUT2D eigenvalue weighted by Crippen LogP contribution is 2.30. The van der Waals surface area contributed by atoms with Gasteiger partial charge in [0.25, 0.3) is 5.91 Å². The molecule has 2 aromatic heterocycles. The molecule has 0 aliphatic carbocycles. The van der Waals surface area contributed by atoms with Gasteiger partial charge in [-0.15, -0.1) is 0 Å². The fraction of sp³-hybridized carbons (Fsp3) is 0.0833. The number of aromatic nitrogens is 2. The molecule has 33 heavy (non-hydrogen) atoms. The van der Waals surface area contributed by atoms with Crippen molar-refractivity contribution in [1.82, 2.24) is 20.4 Å². The Morgan fingerprint density at radius 3 is 2.61 bits per heavy atom. The molecule has 0 radical (unpaired) electrons. The lowest BCUT2D eigenvalue weighted by Gasteiger charge is -2.03. The Morgan fingerprint density at radius 1 is 1.09 bits per heavy atom. The van der Waals surface area contributed by atoms with Gasteiger partial charge in [0.15, 0.2) is 12.4 Å². The van der Waals surface area contributed by atoms with Gasteiger partial charge < -0.3 is 14.5 Å². The summed E-state index contributed by atoms with van der Waals surface area (Å²) in [5.41, 5.74) is 2.71. The average Bonchev–Trinajstić information content (AvgIpc) is 3.46. The van der Waals surface area contributed by atoms with Gasteiger partial charge >= 0.3 is 12.0 Å². The second-order valence-corrected chi connectivity index (χ2v) is 6.93. The average molecular weight is 444 g/mol. The summed E-state index contributed by atoms with van der Waals surface area (Å²) in [6, 6.07) is 18.3. The third-order valence-electron chi connectivity index (χ3n) is 4.65. The van der Waals surface area contributed by atoms with Crippen LogP contribution in [0, 0.1) is 0 Å². The Labute approximate surface area is 188 Å². The number of carbonyl (C=O) groups is 3. The van der Waals surface area contributed by atoms with E-state index in [-0.39, 0.29) is 0 Å². The number of amides is 3. The molecule has 2 heterocycles. The Bertz CT molecular complexity index is 1300. The lowest BCUT2D eigenvalue weighted by Crippen LogP contribution is -2.39. The van der Waals surface area contributed by atoms with Crippen molar-refractivity contribution in [3.05, 3.63) is 78.5 Å². The number of fused-ring (bicyclic) bond motifs is 1. The number of imide groups is 1. The summed E-state index contributed by atoms with van der Waals surface area (Å²) in [6.45, 7) is -0.587. The van der Waals surface area contributed by atoms with Crippen molar-refractivity contribution in [2.75, 3.05) is 13.7 Å². The third-order valence-corrected chi connectivity index (χ3v) is 4.65. The minimum absolute atomic E-state index is 0.538. The molecule has 2 N–H and O–H groups in total. The van der Waals surface area contributed by atoms with Crippen molar-refractivity contribution in [1.29, 1.82) is 0 Å². The summed E-state index contributed by atoms with van der Waals surface area (Å²) in [5, 5.41) is 9.82. The molecular formula is C24H20N4O5. The maximum atomic E-state index is 12.1. The van der Waals surface area contributed by atoms with E-state index in [4.69, 9.17) is 9.15 Å². The number of benzene rings is 2. The van der Waals surface area contributed by atoms with Gasteiger partial charge in [-0.2, -0.15) is 5.10 Å². The van der Waals surface area contributed by atoms with E-state index in [1.807, 2.05) is 66.0 Å². The molecule has 4 rings (SSSR count). The van der Waals surface area contributed by atoms with Crippen LogP contribution in [0.3, 0.4) is 0 Å². The quantitative estimate of drug-likeness (QED) is 0.348. The maximum absolute atomic E-state index is 12.1. The second-order valence-electron chi connectivity index (χ2n) is 6.93. The van der Waals surface area contributed by atoms with E-state index in [9.17, 15) is 14.4 Å². The zero-order chi connectivity index (χ0) is 23.2. The highest BCUT2D eigenvalue weighted by Gasteiger charge is 2.16. The van der Waals surface area contributed by atoms with Gasteiger partial charge in [0.05, 0.1) is 5.69 Å². The number of furan rings is 1. The summed E-state index contributed by atoms with van der Waals surface area (Å²) in [4.78, 5) is 34.8. The van der Waals surface area contributed by atoms with E-state index in [0.717, 1.165) is 16.7 Å². The number of nitrogens with zero attached hydrogens (tertiary/aromatic N) is 2. The molecule has 0 aliphatic rings. The first-order valence-corrected chi connectivity index (χ1v) is 10.0. The van der Waals surface area contributed by atoms with E-state index in [2.05, 4.69) is 10.4 Å². The Kier molecular flexibility index (Phi) is 6.31. The molecule has 0 aliphatic heterocycles. The summed E-state index contributed by atoms with van der Waals surface area (Å²) in [7, 11) is 1.37. The smallest absolute Gasteiger partial charge is 0.331 e.